The van der Waals surface area contributed by atoms with Crippen LogP contribution in [0.15, 0.2) is 18.5 Å². The maximum Gasteiger partial charge on any atom is 0.124 e. The largest absolute Gasteiger partial charge is 0.384 e. The summed E-state index contributed by atoms with van der Waals surface area (Å²) < 4.78 is 0. The molecule has 13 heavy (non-hydrogen) atoms. The summed E-state index contributed by atoms with van der Waals surface area (Å²) in [7, 11) is 0. The van der Waals surface area contributed by atoms with Crippen LogP contribution in [0.2, 0.25) is 0 Å². The molecular formula is C10H15N3. The van der Waals surface area contributed by atoms with Gasteiger partial charge in [0.1, 0.15) is 5.84 Å². The number of amidine groups is 1. The summed E-state index contributed by atoms with van der Waals surface area (Å²) in [5.74, 6) is 0.0681. The molecule has 0 aliphatic carbocycles. The minimum atomic E-state index is 0.0540. The van der Waals surface area contributed by atoms with E-state index >= 15 is 0 Å². The Balaban J connectivity index is 3.13. The molecule has 1 aromatic rings. The van der Waals surface area contributed by atoms with Gasteiger partial charge in [0.15, 0.2) is 0 Å². The number of aromatic nitrogens is 1. The van der Waals surface area contributed by atoms with E-state index in [2.05, 4.69) is 25.8 Å². The third-order valence-electron chi connectivity index (χ3n) is 1.92. The molecule has 0 aliphatic heterocycles. The Labute approximate surface area is 78.5 Å². The van der Waals surface area contributed by atoms with Crippen LogP contribution in [0.3, 0.4) is 0 Å². The standard InChI is InChI=1S/C10H15N3/c1-10(2,3)8-4-7(9(11)12)5-13-6-8/h4-6H,1-3H3,(H3,11,12). The Morgan fingerprint density at radius 2 is 2.00 bits per heavy atom. The lowest BCUT2D eigenvalue weighted by molar-refractivity contribution is 0.587. The molecular weight excluding hydrogens is 162 g/mol. The molecule has 0 bridgehead atoms. The van der Waals surface area contributed by atoms with Gasteiger partial charge >= 0.3 is 0 Å². The molecule has 0 fully saturated rings. The van der Waals surface area contributed by atoms with Gasteiger partial charge in [-0.1, -0.05) is 20.8 Å². The second kappa shape index (κ2) is 3.17. The van der Waals surface area contributed by atoms with Crippen LogP contribution in [0.4, 0.5) is 0 Å². The Bertz CT molecular complexity index is 323. The number of pyridine rings is 1. The predicted octanol–water partition coefficient (Wildman–Crippen LogP) is 1.66. The molecule has 0 spiro atoms. The van der Waals surface area contributed by atoms with E-state index in [1.54, 1.807) is 6.20 Å². The van der Waals surface area contributed by atoms with Crippen LogP contribution in [-0.2, 0) is 5.41 Å². The summed E-state index contributed by atoms with van der Waals surface area (Å²) in [6, 6.07) is 1.91. The van der Waals surface area contributed by atoms with Crippen molar-refractivity contribution < 1.29 is 0 Å². The van der Waals surface area contributed by atoms with E-state index in [9.17, 15) is 0 Å². The number of nitrogens with two attached hydrogens (primary N) is 1. The molecule has 0 saturated carbocycles. The van der Waals surface area contributed by atoms with Gasteiger partial charge in [0.05, 0.1) is 0 Å². The minimum absolute atomic E-state index is 0.0540. The summed E-state index contributed by atoms with van der Waals surface area (Å²) in [6.45, 7) is 6.32. The highest BCUT2D eigenvalue weighted by molar-refractivity contribution is 5.94. The summed E-state index contributed by atoms with van der Waals surface area (Å²) in [5, 5.41) is 7.27. The molecule has 3 nitrogen and oxygen atoms in total. The van der Waals surface area contributed by atoms with Gasteiger partial charge in [-0.25, -0.2) is 0 Å². The lowest BCUT2D eigenvalue weighted by Crippen LogP contribution is -2.16. The molecule has 70 valence electrons. The van der Waals surface area contributed by atoms with E-state index in [4.69, 9.17) is 11.1 Å². The van der Waals surface area contributed by atoms with E-state index in [0.29, 0.717) is 5.56 Å². The Kier molecular flexibility index (Phi) is 2.36. The zero-order valence-corrected chi connectivity index (χ0v) is 8.26. The zero-order chi connectivity index (χ0) is 10.1. The number of nitrogens with zero attached hydrogens (tertiary/aromatic N) is 1. The molecule has 0 atom stereocenters. The van der Waals surface area contributed by atoms with Gasteiger partial charge in [-0.2, -0.15) is 0 Å². The zero-order valence-electron chi connectivity index (χ0n) is 8.26. The smallest absolute Gasteiger partial charge is 0.124 e. The van der Waals surface area contributed by atoms with Crippen molar-refractivity contribution in [3.05, 3.63) is 29.6 Å². The third kappa shape index (κ3) is 2.28. The van der Waals surface area contributed by atoms with Crippen molar-refractivity contribution in [2.45, 2.75) is 26.2 Å². The molecule has 3 N–H and O–H groups in total. The van der Waals surface area contributed by atoms with Crippen molar-refractivity contribution in [2.75, 3.05) is 0 Å². The first kappa shape index (κ1) is 9.71. The van der Waals surface area contributed by atoms with Gasteiger partial charge < -0.3 is 5.73 Å². The van der Waals surface area contributed by atoms with Crippen molar-refractivity contribution >= 4 is 5.84 Å². The van der Waals surface area contributed by atoms with Crippen molar-refractivity contribution in [3.63, 3.8) is 0 Å². The average molecular weight is 177 g/mol. The first-order valence-corrected chi connectivity index (χ1v) is 4.21. The number of hydrogen-bond donors (Lipinski definition) is 2. The molecule has 0 amide bonds. The van der Waals surface area contributed by atoms with Crippen LogP contribution in [-0.4, -0.2) is 10.8 Å². The maximum atomic E-state index is 7.27. The van der Waals surface area contributed by atoms with Crippen molar-refractivity contribution in [2.24, 2.45) is 5.73 Å². The quantitative estimate of drug-likeness (QED) is 0.506. The number of hydrogen-bond acceptors (Lipinski definition) is 2. The fraction of sp³-hybridized carbons (Fsp3) is 0.400. The summed E-state index contributed by atoms with van der Waals surface area (Å²) >= 11 is 0. The second-order valence-corrected chi connectivity index (χ2v) is 4.13. The topological polar surface area (TPSA) is 62.8 Å². The lowest BCUT2D eigenvalue weighted by Gasteiger charge is -2.18. The maximum absolute atomic E-state index is 7.27. The van der Waals surface area contributed by atoms with E-state index in [1.807, 2.05) is 12.3 Å². The third-order valence-corrected chi connectivity index (χ3v) is 1.92. The fourth-order valence-electron chi connectivity index (χ4n) is 0.997. The highest BCUT2D eigenvalue weighted by Crippen LogP contribution is 2.21. The summed E-state index contributed by atoms with van der Waals surface area (Å²) in [5.41, 5.74) is 7.21. The van der Waals surface area contributed by atoms with Gasteiger partial charge in [-0.3, -0.25) is 10.4 Å². The average Bonchev–Trinajstić information content (AvgIpc) is 2.03. The predicted molar refractivity (Wildman–Crippen MR) is 54.0 cm³/mol. The summed E-state index contributed by atoms with van der Waals surface area (Å²) in [6.07, 6.45) is 3.42. The van der Waals surface area contributed by atoms with Crippen LogP contribution >= 0.6 is 0 Å². The minimum Gasteiger partial charge on any atom is -0.384 e. The Morgan fingerprint density at radius 1 is 1.38 bits per heavy atom. The van der Waals surface area contributed by atoms with E-state index in [1.165, 1.54) is 0 Å². The van der Waals surface area contributed by atoms with Gasteiger partial charge in [0, 0.05) is 18.0 Å². The first-order chi connectivity index (χ1) is 5.91. The SMILES string of the molecule is CC(C)(C)c1cncc(C(=N)N)c1. The Morgan fingerprint density at radius 3 is 2.46 bits per heavy atom. The number of nitrogen functional groups attached to an aromatic ring is 1. The van der Waals surface area contributed by atoms with Crippen LogP contribution in [0.1, 0.15) is 31.9 Å². The van der Waals surface area contributed by atoms with Crippen molar-refractivity contribution in [3.8, 4) is 0 Å². The normalized spacial score (nSPS) is 11.3. The molecule has 0 aromatic carbocycles. The van der Waals surface area contributed by atoms with Gasteiger partial charge in [0.25, 0.3) is 0 Å². The molecule has 1 aromatic heterocycles. The molecule has 1 heterocycles. The van der Waals surface area contributed by atoms with Crippen molar-refractivity contribution in [1.29, 1.82) is 5.41 Å². The molecule has 1 rings (SSSR count). The van der Waals surface area contributed by atoms with Crippen molar-refractivity contribution in [1.82, 2.24) is 4.98 Å². The summed E-state index contributed by atoms with van der Waals surface area (Å²) in [4.78, 5) is 4.05. The lowest BCUT2D eigenvalue weighted by atomic mass is 9.87. The highest BCUT2D eigenvalue weighted by atomic mass is 14.7. The first-order valence-electron chi connectivity index (χ1n) is 4.21. The van der Waals surface area contributed by atoms with E-state index in [0.717, 1.165) is 5.56 Å². The highest BCUT2D eigenvalue weighted by Gasteiger charge is 2.14. The number of nitrogens with one attached hydrogen (secondary N) is 1. The fourth-order valence-corrected chi connectivity index (χ4v) is 0.997. The monoisotopic (exact) mass is 177 g/mol. The van der Waals surface area contributed by atoms with Crippen LogP contribution in [0.5, 0.6) is 0 Å². The molecule has 0 aliphatic rings. The van der Waals surface area contributed by atoms with E-state index < -0.39 is 0 Å². The van der Waals surface area contributed by atoms with Crippen LogP contribution < -0.4 is 5.73 Å². The Hall–Kier alpha value is -1.38. The van der Waals surface area contributed by atoms with E-state index in [-0.39, 0.29) is 11.3 Å². The molecule has 0 radical (unpaired) electrons. The van der Waals surface area contributed by atoms with Crippen LogP contribution in [0.25, 0.3) is 0 Å². The van der Waals surface area contributed by atoms with Gasteiger partial charge in [-0.05, 0) is 17.0 Å². The molecule has 3 heteroatoms. The molecule has 0 saturated heterocycles. The second-order valence-electron chi connectivity index (χ2n) is 4.13. The molecule has 0 unspecified atom stereocenters. The number of rotatable bonds is 1. The van der Waals surface area contributed by atoms with Gasteiger partial charge in [-0.15, -0.1) is 0 Å². The van der Waals surface area contributed by atoms with Gasteiger partial charge in [0.2, 0.25) is 0 Å². The van der Waals surface area contributed by atoms with Crippen LogP contribution in [0, 0.1) is 5.41 Å².